The topological polar surface area (TPSA) is 80.3 Å². The maximum Gasteiger partial charge on any atom is 0.275 e. The van der Waals surface area contributed by atoms with Crippen molar-refractivity contribution in [2.45, 2.75) is 0 Å². The zero-order valence-corrected chi connectivity index (χ0v) is 15.4. The second kappa shape index (κ2) is 7.96. The van der Waals surface area contributed by atoms with E-state index in [1.807, 2.05) is 0 Å². The van der Waals surface area contributed by atoms with E-state index in [4.69, 9.17) is 4.74 Å². The summed E-state index contributed by atoms with van der Waals surface area (Å²) in [5.41, 5.74) is 1.69. The lowest BCUT2D eigenvalue weighted by molar-refractivity contribution is 0.0961. The number of nitrogens with zero attached hydrogens (tertiary/aromatic N) is 1. The third-order valence-corrected chi connectivity index (χ3v) is 4.66. The van der Waals surface area contributed by atoms with Crippen LogP contribution in [0.1, 0.15) is 20.8 Å². The molecule has 1 aromatic heterocycles. The summed E-state index contributed by atoms with van der Waals surface area (Å²) in [6.45, 7) is 0. The van der Waals surface area contributed by atoms with Crippen LogP contribution < -0.4 is 15.4 Å². The fourth-order valence-corrected chi connectivity index (χ4v) is 3.19. The molecule has 2 aromatic carbocycles. The average Bonchev–Trinajstić information content (AvgIpc) is 3.18. The van der Waals surface area contributed by atoms with Gasteiger partial charge in [0.15, 0.2) is 0 Å². The number of halogens is 1. The fourth-order valence-electron chi connectivity index (χ4n) is 2.38. The highest BCUT2D eigenvalue weighted by atomic mass is 32.1. The van der Waals surface area contributed by atoms with Crippen molar-refractivity contribution in [3.63, 3.8) is 0 Å². The number of anilines is 1. The lowest BCUT2D eigenvalue weighted by atomic mass is 10.1. The van der Waals surface area contributed by atoms with Crippen LogP contribution in [0.5, 0.6) is 5.75 Å². The highest BCUT2D eigenvalue weighted by Gasteiger charge is 2.16. The molecule has 0 saturated heterocycles. The molecule has 0 atom stereocenters. The molecular formula is C19H16FN3O3S. The van der Waals surface area contributed by atoms with E-state index in [1.165, 1.54) is 43.7 Å². The van der Waals surface area contributed by atoms with Gasteiger partial charge in [-0.25, -0.2) is 9.37 Å². The second-order valence-corrected chi connectivity index (χ2v) is 6.35. The van der Waals surface area contributed by atoms with Gasteiger partial charge < -0.3 is 15.4 Å². The number of carbonyl (C=O) groups is 2. The summed E-state index contributed by atoms with van der Waals surface area (Å²) in [5, 5.41) is 7.46. The van der Waals surface area contributed by atoms with Crippen LogP contribution in [0.15, 0.2) is 47.8 Å². The molecule has 0 aliphatic heterocycles. The fraction of sp³-hybridized carbons (Fsp3) is 0.105. The average molecular weight is 385 g/mol. The number of hydrogen-bond donors (Lipinski definition) is 2. The Balaban J connectivity index is 1.83. The van der Waals surface area contributed by atoms with E-state index in [1.54, 1.807) is 29.6 Å². The summed E-state index contributed by atoms with van der Waals surface area (Å²) in [4.78, 5) is 28.7. The Bertz CT molecular complexity index is 986. The number of aromatic nitrogens is 1. The van der Waals surface area contributed by atoms with Crippen molar-refractivity contribution in [3.05, 3.63) is 64.9 Å². The van der Waals surface area contributed by atoms with Gasteiger partial charge in [-0.3, -0.25) is 9.59 Å². The van der Waals surface area contributed by atoms with Gasteiger partial charge in [0.2, 0.25) is 0 Å². The molecule has 0 unspecified atom stereocenters. The van der Waals surface area contributed by atoms with Crippen LogP contribution in [-0.2, 0) is 0 Å². The maximum absolute atomic E-state index is 13.0. The van der Waals surface area contributed by atoms with Crippen molar-refractivity contribution >= 4 is 28.8 Å². The Hall–Kier alpha value is -3.26. The van der Waals surface area contributed by atoms with Crippen molar-refractivity contribution in [1.82, 2.24) is 10.3 Å². The van der Waals surface area contributed by atoms with Crippen LogP contribution in [0, 0.1) is 5.82 Å². The van der Waals surface area contributed by atoms with E-state index in [-0.39, 0.29) is 17.4 Å². The molecule has 1 heterocycles. The lowest BCUT2D eigenvalue weighted by Gasteiger charge is -2.11. The number of nitrogens with one attached hydrogen (secondary N) is 2. The SMILES string of the molecule is CNC(=O)c1ccc(OC)c(NC(=O)c2csc(-c3ccc(F)cc3)n2)c1. The zero-order valence-electron chi connectivity index (χ0n) is 14.6. The molecule has 0 spiro atoms. The van der Waals surface area contributed by atoms with Crippen LogP contribution in [0.4, 0.5) is 10.1 Å². The summed E-state index contributed by atoms with van der Waals surface area (Å²) < 4.78 is 18.3. The number of methoxy groups -OCH3 is 1. The smallest absolute Gasteiger partial charge is 0.275 e. The molecule has 2 amide bonds. The quantitative estimate of drug-likeness (QED) is 0.704. The number of benzene rings is 2. The predicted octanol–water partition coefficient (Wildman–Crippen LogP) is 3.57. The molecule has 3 aromatic rings. The molecule has 27 heavy (non-hydrogen) atoms. The molecule has 2 N–H and O–H groups in total. The molecule has 0 aliphatic carbocycles. The van der Waals surface area contributed by atoms with E-state index in [2.05, 4.69) is 15.6 Å². The first kappa shape index (κ1) is 18.5. The number of thiazole rings is 1. The molecular weight excluding hydrogens is 369 g/mol. The van der Waals surface area contributed by atoms with Crippen molar-refractivity contribution in [2.24, 2.45) is 0 Å². The van der Waals surface area contributed by atoms with E-state index >= 15 is 0 Å². The lowest BCUT2D eigenvalue weighted by Crippen LogP contribution is -2.19. The normalized spacial score (nSPS) is 10.3. The van der Waals surface area contributed by atoms with Crippen LogP contribution in [0.25, 0.3) is 10.6 Å². The molecule has 6 nitrogen and oxygen atoms in total. The Morgan fingerprint density at radius 2 is 1.85 bits per heavy atom. The van der Waals surface area contributed by atoms with Gasteiger partial charge in [0.1, 0.15) is 22.3 Å². The van der Waals surface area contributed by atoms with Crippen molar-refractivity contribution < 1.29 is 18.7 Å². The van der Waals surface area contributed by atoms with Gasteiger partial charge in [-0.1, -0.05) is 0 Å². The molecule has 0 radical (unpaired) electrons. The van der Waals surface area contributed by atoms with Crippen LogP contribution in [-0.4, -0.2) is 31.0 Å². The standard InChI is InChI=1S/C19H16FN3O3S/c1-21-17(24)12-5-8-16(26-2)14(9-12)22-18(25)15-10-27-19(23-15)11-3-6-13(20)7-4-11/h3-10H,1-2H3,(H,21,24)(H,22,25). The third kappa shape index (κ3) is 4.12. The Labute approximate surface area is 159 Å². The second-order valence-electron chi connectivity index (χ2n) is 5.49. The van der Waals surface area contributed by atoms with E-state index in [0.717, 1.165) is 5.56 Å². The maximum atomic E-state index is 13.0. The Kier molecular flexibility index (Phi) is 5.46. The van der Waals surface area contributed by atoms with Crippen molar-refractivity contribution in [1.29, 1.82) is 0 Å². The van der Waals surface area contributed by atoms with Gasteiger partial charge in [-0.2, -0.15) is 0 Å². The minimum absolute atomic E-state index is 0.215. The molecule has 138 valence electrons. The number of amides is 2. The first-order chi connectivity index (χ1) is 13.0. The van der Waals surface area contributed by atoms with Gasteiger partial charge in [-0.15, -0.1) is 11.3 Å². The van der Waals surface area contributed by atoms with Crippen molar-refractivity contribution in [2.75, 3.05) is 19.5 Å². The molecule has 0 aliphatic rings. The number of ether oxygens (including phenoxy) is 1. The van der Waals surface area contributed by atoms with Gasteiger partial charge in [0.05, 0.1) is 12.8 Å². The van der Waals surface area contributed by atoms with E-state index < -0.39 is 5.91 Å². The Morgan fingerprint density at radius 1 is 1.11 bits per heavy atom. The summed E-state index contributed by atoms with van der Waals surface area (Å²) >= 11 is 1.28. The van der Waals surface area contributed by atoms with Crippen LogP contribution in [0.2, 0.25) is 0 Å². The van der Waals surface area contributed by atoms with Gasteiger partial charge >= 0.3 is 0 Å². The zero-order chi connectivity index (χ0) is 19.4. The minimum Gasteiger partial charge on any atom is -0.495 e. The molecule has 0 bridgehead atoms. The molecule has 0 fully saturated rings. The first-order valence-corrected chi connectivity index (χ1v) is 8.82. The Morgan fingerprint density at radius 3 is 2.52 bits per heavy atom. The third-order valence-electron chi connectivity index (χ3n) is 3.76. The van der Waals surface area contributed by atoms with E-state index in [0.29, 0.717) is 22.0 Å². The summed E-state index contributed by atoms with van der Waals surface area (Å²) in [6, 6.07) is 10.6. The van der Waals surface area contributed by atoms with Gasteiger partial charge in [0.25, 0.3) is 11.8 Å². The number of hydrogen-bond acceptors (Lipinski definition) is 5. The van der Waals surface area contributed by atoms with Gasteiger partial charge in [-0.05, 0) is 42.5 Å². The minimum atomic E-state index is -0.438. The van der Waals surface area contributed by atoms with Crippen LogP contribution >= 0.6 is 11.3 Å². The summed E-state index contributed by atoms with van der Waals surface area (Å²) in [5.74, 6) is -0.631. The van der Waals surface area contributed by atoms with Crippen molar-refractivity contribution in [3.8, 4) is 16.3 Å². The highest BCUT2D eigenvalue weighted by Crippen LogP contribution is 2.28. The van der Waals surface area contributed by atoms with Gasteiger partial charge in [0, 0.05) is 23.6 Å². The summed E-state index contributed by atoms with van der Waals surface area (Å²) in [7, 11) is 3.00. The molecule has 0 saturated carbocycles. The highest BCUT2D eigenvalue weighted by molar-refractivity contribution is 7.13. The molecule has 8 heteroatoms. The molecule has 3 rings (SSSR count). The monoisotopic (exact) mass is 385 g/mol. The van der Waals surface area contributed by atoms with E-state index in [9.17, 15) is 14.0 Å². The summed E-state index contributed by atoms with van der Waals surface area (Å²) in [6.07, 6.45) is 0. The predicted molar refractivity (Wildman–Crippen MR) is 102 cm³/mol. The first-order valence-electron chi connectivity index (χ1n) is 7.94. The number of carbonyl (C=O) groups excluding carboxylic acids is 2. The van der Waals surface area contributed by atoms with Crippen LogP contribution in [0.3, 0.4) is 0 Å². The largest absolute Gasteiger partial charge is 0.495 e. The number of rotatable bonds is 5.